The number of piperidine rings is 1. The van der Waals surface area contributed by atoms with Crippen molar-refractivity contribution in [1.29, 1.82) is 0 Å². The molecule has 2 aromatic rings. The molecule has 1 atom stereocenters. The molecule has 1 aromatic carbocycles. The molecule has 0 aliphatic carbocycles. The van der Waals surface area contributed by atoms with Crippen molar-refractivity contribution in [3.05, 3.63) is 36.0 Å². The number of benzene rings is 1. The number of para-hydroxylation sites is 1. The van der Waals surface area contributed by atoms with Crippen LogP contribution < -0.4 is 0 Å². The molecule has 0 saturated carbocycles. The first kappa shape index (κ1) is 15.1. The van der Waals surface area contributed by atoms with E-state index in [2.05, 4.69) is 16.9 Å². The van der Waals surface area contributed by atoms with Crippen molar-refractivity contribution >= 4 is 16.9 Å². The minimum Gasteiger partial charge on any atom is -0.454 e. The van der Waals surface area contributed by atoms with E-state index in [0.29, 0.717) is 5.56 Å². The largest absolute Gasteiger partial charge is 0.454 e. The van der Waals surface area contributed by atoms with Crippen LogP contribution in [0.15, 0.2) is 30.5 Å². The molecule has 4 nitrogen and oxygen atoms in total. The lowest BCUT2D eigenvalue weighted by Gasteiger charge is -2.42. The fourth-order valence-corrected chi connectivity index (χ4v) is 3.56. The summed E-state index contributed by atoms with van der Waals surface area (Å²) in [5.74, 6) is -0.249. The molecule has 0 amide bonds. The number of ether oxygens (including phenoxy) is 1. The van der Waals surface area contributed by atoms with Crippen molar-refractivity contribution in [2.24, 2.45) is 0 Å². The number of nitrogens with zero attached hydrogens (tertiary/aromatic N) is 1. The van der Waals surface area contributed by atoms with Gasteiger partial charge < -0.3 is 9.72 Å². The quantitative estimate of drug-likeness (QED) is 0.881. The van der Waals surface area contributed by atoms with Gasteiger partial charge in [-0.1, -0.05) is 24.6 Å². The lowest BCUT2D eigenvalue weighted by atomic mass is 9.89. The van der Waals surface area contributed by atoms with Crippen LogP contribution in [-0.2, 0) is 4.74 Å². The van der Waals surface area contributed by atoms with Gasteiger partial charge in [0.15, 0.2) is 0 Å². The maximum atomic E-state index is 12.6. The summed E-state index contributed by atoms with van der Waals surface area (Å²) in [4.78, 5) is 18.1. The number of esters is 1. The van der Waals surface area contributed by atoms with Crippen LogP contribution in [0.25, 0.3) is 10.9 Å². The van der Waals surface area contributed by atoms with Gasteiger partial charge in [-0.15, -0.1) is 0 Å². The topological polar surface area (TPSA) is 45.3 Å². The van der Waals surface area contributed by atoms with Crippen LogP contribution in [0.1, 0.15) is 43.5 Å². The molecule has 1 aliphatic rings. The molecule has 4 heteroatoms. The fraction of sp³-hybridized carbons (Fsp3) is 0.500. The van der Waals surface area contributed by atoms with E-state index in [1.165, 1.54) is 12.8 Å². The van der Waals surface area contributed by atoms with Gasteiger partial charge in [0, 0.05) is 23.1 Å². The summed E-state index contributed by atoms with van der Waals surface area (Å²) >= 11 is 0. The van der Waals surface area contributed by atoms with E-state index < -0.39 is 5.60 Å². The van der Waals surface area contributed by atoms with E-state index >= 15 is 0 Å². The molecule has 1 fully saturated rings. The number of aromatic amines is 1. The van der Waals surface area contributed by atoms with Gasteiger partial charge in [0.2, 0.25) is 0 Å². The predicted octanol–water partition coefficient (Wildman–Crippen LogP) is 3.59. The number of carbonyl (C=O) groups is 1. The zero-order chi connectivity index (χ0) is 15.7. The highest BCUT2D eigenvalue weighted by molar-refractivity contribution is 6.04. The van der Waals surface area contributed by atoms with E-state index in [0.717, 1.165) is 23.9 Å². The van der Waals surface area contributed by atoms with Crippen LogP contribution in [0.3, 0.4) is 0 Å². The summed E-state index contributed by atoms with van der Waals surface area (Å²) in [5.41, 5.74) is 1.08. The van der Waals surface area contributed by atoms with E-state index in [1.807, 2.05) is 38.1 Å². The molecule has 1 unspecified atom stereocenters. The molecular formula is C18H24N2O2. The van der Waals surface area contributed by atoms with Crippen LogP contribution >= 0.6 is 0 Å². The van der Waals surface area contributed by atoms with Gasteiger partial charge in [0.1, 0.15) is 5.60 Å². The molecule has 0 radical (unpaired) electrons. The number of likely N-dealkylation sites (N-methyl/N-ethyl adjacent to an activating group) is 1. The van der Waals surface area contributed by atoms with Gasteiger partial charge in [0.25, 0.3) is 0 Å². The summed E-state index contributed by atoms with van der Waals surface area (Å²) in [6, 6.07) is 8.08. The number of hydrogen-bond acceptors (Lipinski definition) is 3. The molecule has 0 bridgehead atoms. The van der Waals surface area contributed by atoms with Crippen molar-refractivity contribution in [2.75, 3.05) is 13.6 Å². The average Bonchev–Trinajstić information content (AvgIpc) is 2.91. The SMILES string of the molecule is CN1CCCCC1C(C)(C)OC(=O)c1c[nH]c2ccccc12. The highest BCUT2D eigenvalue weighted by Gasteiger charge is 2.37. The number of H-pyrrole nitrogens is 1. The Morgan fingerprint density at radius 1 is 1.32 bits per heavy atom. The van der Waals surface area contributed by atoms with Crippen LogP contribution in [0.4, 0.5) is 0 Å². The third kappa shape index (κ3) is 2.75. The maximum absolute atomic E-state index is 12.6. The molecule has 1 N–H and O–H groups in total. The van der Waals surface area contributed by atoms with Crippen LogP contribution in [0.5, 0.6) is 0 Å². The van der Waals surface area contributed by atoms with Crippen LogP contribution in [0.2, 0.25) is 0 Å². The molecule has 1 saturated heterocycles. The highest BCUT2D eigenvalue weighted by Crippen LogP contribution is 2.29. The van der Waals surface area contributed by atoms with Gasteiger partial charge in [-0.25, -0.2) is 4.79 Å². The second kappa shape index (κ2) is 5.76. The Bertz CT molecular complexity index is 675. The van der Waals surface area contributed by atoms with E-state index in [9.17, 15) is 4.79 Å². The van der Waals surface area contributed by atoms with E-state index in [1.54, 1.807) is 6.20 Å². The van der Waals surface area contributed by atoms with Crippen molar-refractivity contribution in [1.82, 2.24) is 9.88 Å². The summed E-state index contributed by atoms with van der Waals surface area (Å²) < 4.78 is 5.90. The second-order valence-electron chi connectivity index (χ2n) is 6.73. The standard InChI is InChI=1S/C18H24N2O2/c1-18(2,16-10-6-7-11-20(16)3)22-17(21)14-12-19-15-9-5-4-8-13(14)15/h4-5,8-9,12,16,19H,6-7,10-11H2,1-3H3. The van der Waals surface area contributed by atoms with Crippen molar-refractivity contribution in [3.8, 4) is 0 Å². The average molecular weight is 300 g/mol. The molecule has 2 heterocycles. The third-order valence-corrected chi connectivity index (χ3v) is 4.74. The van der Waals surface area contributed by atoms with Crippen LogP contribution in [-0.4, -0.2) is 41.1 Å². The molecular weight excluding hydrogens is 276 g/mol. The Balaban J connectivity index is 1.80. The monoisotopic (exact) mass is 300 g/mol. The van der Waals surface area contributed by atoms with Gasteiger partial charge in [0.05, 0.1) is 5.56 Å². The summed E-state index contributed by atoms with van der Waals surface area (Å²) in [6.07, 6.45) is 5.24. The Morgan fingerprint density at radius 2 is 2.09 bits per heavy atom. The zero-order valence-electron chi connectivity index (χ0n) is 13.6. The van der Waals surface area contributed by atoms with Gasteiger partial charge in [-0.3, -0.25) is 4.90 Å². The number of aromatic nitrogens is 1. The van der Waals surface area contributed by atoms with Gasteiger partial charge >= 0.3 is 5.97 Å². The second-order valence-corrected chi connectivity index (χ2v) is 6.73. The number of carbonyl (C=O) groups excluding carboxylic acids is 1. The van der Waals surface area contributed by atoms with E-state index in [4.69, 9.17) is 4.74 Å². The van der Waals surface area contributed by atoms with Crippen molar-refractivity contribution in [2.45, 2.75) is 44.8 Å². The maximum Gasteiger partial charge on any atom is 0.340 e. The first-order valence-corrected chi connectivity index (χ1v) is 7.99. The molecule has 1 aromatic heterocycles. The summed E-state index contributed by atoms with van der Waals surface area (Å²) in [7, 11) is 2.12. The normalized spacial score (nSPS) is 20.2. The van der Waals surface area contributed by atoms with Crippen molar-refractivity contribution in [3.63, 3.8) is 0 Å². The lowest BCUT2D eigenvalue weighted by Crippen LogP contribution is -2.52. The molecule has 1 aliphatic heterocycles. The number of rotatable bonds is 3. The number of nitrogens with one attached hydrogen (secondary N) is 1. The first-order chi connectivity index (χ1) is 10.5. The lowest BCUT2D eigenvalue weighted by molar-refractivity contribution is -0.0525. The van der Waals surface area contributed by atoms with Crippen molar-refractivity contribution < 1.29 is 9.53 Å². The summed E-state index contributed by atoms with van der Waals surface area (Å²) in [6.45, 7) is 5.11. The van der Waals surface area contributed by atoms with E-state index in [-0.39, 0.29) is 12.0 Å². The molecule has 22 heavy (non-hydrogen) atoms. The Hall–Kier alpha value is -1.81. The zero-order valence-corrected chi connectivity index (χ0v) is 13.6. The van der Waals surface area contributed by atoms with Crippen LogP contribution in [0, 0.1) is 0 Å². The Morgan fingerprint density at radius 3 is 2.86 bits per heavy atom. The third-order valence-electron chi connectivity index (χ3n) is 4.74. The highest BCUT2D eigenvalue weighted by atomic mass is 16.6. The Labute approximate surface area is 131 Å². The minimum absolute atomic E-state index is 0.249. The number of hydrogen-bond donors (Lipinski definition) is 1. The summed E-state index contributed by atoms with van der Waals surface area (Å²) in [5, 5.41) is 0.917. The van der Waals surface area contributed by atoms with Gasteiger partial charge in [-0.2, -0.15) is 0 Å². The first-order valence-electron chi connectivity index (χ1n) is 7.99. The molecule has 3 rings (SSSR count). The molecule has 118 valence electrons. The number of fused-ring (bicyclic) bond motifs is 1. The number of likely N-dealkylation sites (tertiary alicyclic amines) is 1. The Kier molecular flexibility index (Phi) is 3.96. The fourth-order valence-electron chi connectivity index (χ4n) is 3.56. The van der Waals surface area contributed by atoms with Gasteiger partial charge in [-0.05, 0) is 46.3 Å². The molecule has 0 spiro atoms. The smallest absolute Gasteiger partial charge is 0.340 e. The minimum atomic E-state index is -0.495. The predicted molar refractivity (Wildman–Crippen MR) is 88.1 cm³/mol.